The Morgan fingerprint density at radius 1 is 1.29 bits per heavy atom. The summed E-state index contributed by atoms with van der Waals surface area (Å²) >= 11 is 5.85. The minimum absolute atomic E-state index is 0.00344. The van der Waals surface area contributed by atoms with Crippen molar-refractivity contribution >= 4 is 23.2 Å². The smallest absolute Gasteiger partial charge is 0.300 e. The lowest BCUT2D eigenvalue weighted by Gasteiger charge is -2.11. The van der Waals surface area contributed by atoms with Crippen LogP contribution in [-0.4, -0.2) is 16.9 Å². The van der Waals surface area contributed by atoms with Crippen LogP contribution in [0.5, 0.6) is 0 Å². The highest BCUT2D eigenvalue weighted by Crippen LogP contribution is 2.65. The maximum absolute atomic E-state index is 12.4. The third-order valence-corrected chi connectivity index (χ3v) is 5.75. The molecule has 0 spiro atoms. The fraction of sp³-hybridized carbons (Fsp3) is 0.533. The van der Waals surface area contributed by atoms with Gasteiger partial charge in [0.2, 0.25) is 0 Å². The van der Waals surface area contributed by atoms with Crippen molar-refractivity contribution < 1.29 is 9.72 Å². The van der Waals surface area contributed by atoms with Gasteiger partial charge in [-0.2, -0.15) is 0 Å². The van der Waals surface area contributed by atoms with E-state index in [1.54, 1.807) is 6.07 Å². The van der Waals surface area contributed by atoms with Crippen molar-refractivity contribution in [1.82, 2.24) is 5.32 Å². The van der Waals surface area contributed by atoms with Crippen LogP contribution in [0.25, 0.3) is 0 Å². The summed E-state index contributed by atoms with van der Waals surface area (Å²) in [6.45, 7) is 0. The molecule has 2 bridgehead atoms. The van der Waals surface area contributed by atoms with E-state index in [0.717, 1.165) is 11.8 Å². The molecule has 0 heterocycles. The van der Waals surface area contributed by atoms with Crippen molar-refractivity contribution in [3.63, 3.8) is 0 Å². The normalized spacial score (nSPS) is 35.4. The lowest BCUT2D eigenvalue weighted by Crippen LogP contribution is -2.30. The number of carbonyl (C=O) groups is 1. The topological polar surface area (TPSA) is 72.2 Å². The Morgan fingerprint density at radius 3 is 2.57 bits per heavy atom. The maximum Gasteiger partial charge on any atom is 0.300 e. The van der Waals surface area contributed by atoms with Gasteiger partial charge in [-0.25, -0.2) is 0 Å². The molecule has 110 valence electrons. The number of nitrogens with one attached hydrogen (secondary N) is 1. The standard InChI is InChI=1S/C15H15ClN2O3/c16-10-3-1-2-9(14(10)18(20)21)15(19)17-13-11-7-4-5-8(6-7)12(11)13/h1-3,7-8,11-13H,4-6H2,(H,17,19). The Morgan fingerprint density at radius 2 is 1.95 bits per heavy atom. The van der Waals surface area contributed by atoms with Crippen molar-refractivity contribution in [3.8, 4) is 0 Å². The van der Waals surface area contributed by atoms with Gasteiger partial charge in [-0.15, -0.1) is 0 Å². The second kappa shape index (κ2) is 4.44. The average Bonchev–Trinajstić information content (AvgIpc) is 2.83. The van der Waals surface area contributed by atoms with Gasteiger partial charge in [0.1, 0.15) is 10.6 Å². The van der Waals surface area contributed by atoms with E-state index in [9.17, 15) is 14.9 Å². The summed E-state index contributed by atoms with van der Waals surface area (Å²) in [4.78, 5) is 22.9. The van der Waals surface area contributed by atoms with Gasteiger partial charge < -0.3 is 5.32 Å². The number of nitro groups is 1. The molecule has 6 heteroatoms. The number of amides is 1. The van der Waals surface area contributed by atoms with Crippen molar-refractivity contribution in [2.45, 2.75) is 25.3 Å². The molecule has 4 unspecified atom stereocenters. The van der Waals surface area contributed by atoms with Gasteiger partial charge in [-0.05, 0) is 55.1 Å². The number of fused-ring (bicyclic) bond motifs is 5. The molecule has 3 fully saturated rings. The van der Waals surface area contributed by atoms with Crippen LogP contribution in [-0.2, 0) is 0 Å². The molecule has 3 aliphatic carbocycles. The van der Waals surface area contributed by atoms with E-state index in [2.05, 4.69) is 5.32 Å². The molecule has 1 aromatic carbocycles. The number of halogens is 1. The van der Waals surface area contributed by atoms with E-state index in [0.29, 0.717) is 11.8 Å². The lowest BCUT2D eigenvalue weighted by molar-refractivity contribution is -0.385. The number of benzene rings is 1. The highest BCUT2D eigenvalue weighted by Gasteiger charge is 2.65. The van der Waals surface area contributed by atoms with Crippen molar-refractivity contribution in [2.24, 2.45) is 23.7 Å². The van der Waals surface area contributed by atoms with Crippen LogP contribution < -0.4 is 5.32 Å². The molecular formula is C15H15ClN2O3. The Balaban J connectivity index is 1.54. The maximum atomic E-state index is 12.4. The van der Waals surface area contributed by atoms with Crippen LogP contribution in [0.2, 0.25) is 5.02 Å². The van der Waals surface area contributed by atoms with Crippen LogP contribution in [0.15, 0.2) is 18.2 Å². The van der Waals surface area contributed by atoms with E-state index in [1.807, 2.05) is 0 Å². The summed E-state index contributed by atoms with van der Waals surface area (Å²) in [6, 6.07) is 4.68. The first kappa shape index (κ1) is 13.1. The number of carbonyl (C=O) groups excluding carboxylic acids is 1. The van der Waals surface area contributed by atoms with E-state index < -0.39 is 4.92 Å². The van der Waals surface area contributed by atoms with Crippen molar-refractivity contribution in [3.05, 3.63) is 38.9 Å². The highest BCUT2D eigenvalue weighted by atomic mass is 35.5. The summed E-state index contributed by atoms with van der Waals surface area (Å²) in [5.41, 5.74) is -0.240. The lowest BCUT2D eigenvalue weighted by atomic mass is 10.0. The molecule has 5 nitrogen and oxygen atoms in total. The summed E-state index contributed by atoms with van der Waals surface area (Å²) < 4.78 is 0. The molecule has 3 saturated carbocycles. The summed E-state index contributed by atoms with van der Waals surface area (Å²) in [7, 11) is 0. The summed E-state index contributed by atoms with van der Waals surface area (Å²) in [5.74, 6) is 2.33. The predicted molar refractivity (Wildman–Crippen MR) is 77.2 cm³/mol. The molecular weight excluding hydrogens is 292 g/mol. The third kappa shape index (κ3) is 1.87. The molecule has 3 aliphatic rings. The Labute approximate surface area is 126 Å². The molecule has 0 aromatic heterocycles. The quantitative estimate of drug-likeness (QED) is 0.689. The van der Waals surface area contributed by atoms with E-state index >= 15 is 0 Å². The number of para-hydroxylation sites is 1. The zero-order chi connectivity index (χ0) is 14.7. The minimum Gasteiger partial charge on any atom is -0.348 e. The zero-order valence-corrected chi connectivity index (χ0v) is 12.0. The second-order valence-corrected chi connectivity index (χ2v) is 6.79. The monoisotopic (exact) mass is 306 g/mol. The first-order chi connectivity index (χ1) is 10.1. The Bertz CT molecular complexity index is 632. The number of rotatable bonds is 3. The Hall–Kier alpha value is -1.62. The van der Waals surface area contributed by atoms with Crippen LogP contribution in [0.4, 0.5) is 5.69 Å². The first-order valence-corrected chi connectivity index (χ1v) is 7.69. The average molecular weight is 307 g/mol. The van der Waals surface area contributed by atoms with Gasteiger partial charge >= 0.3 is 5.69 Å². The number of hydrogen-bond acceptors (Lipinski definition) is 3. The van der Waals surface area contributed by atoms with Gasteiger partial charge in [0, 0.05) is 6.04 Å². The van der Waals surface area contributed by atoms with Gasteiger partial charge in [0.05, 0.1) is 4.92 Å². The molecule has 0 aliphatic heterocycles. The van der Waals surface area contributed by atoms with Crippen LogP contribution >= 0.6 is 11.6 Å². The number of nitro benzene ring substituents is 1. The number of nitrogens with zero attached hydrogens (tertiary/aromatic N) is 1. The fourth-order valence-corrected chi connectivity index (χ4v) is 4.88. The predicted octanol–water partition coefficient (Wildman–Crippen LogP) is 3.02. The third-order valence-electron chi connectivity index (χ3n) is 5.45. The van der Waals surface area contributed by atoms with Gasteiger partial charge in [0.25, 0.3) is 5.91 Å². The molecule has 0 saturated heterocycles. The van der Waals surface area contributed by atoms with Crippen molar-refractivity contribution in [2.75, 3.05) is 0 Å². The molecule has 1 N–H and O–H groups in total. The molecule has 4 atom stereocenters. The fourth-order valence-electron chi connectivity index (χ4n) is 4.63. The number of hydrogen-bond donors (Lipinski definition) is 1. The van der Waals surface area contributed by atoms with Crippen LogP contribution in [0, 0.1) is 33.8 Å². The van der Waals surface area contributed by atoms with E-state index in [4.69, 9.17) is 11.6 Å². The highest BCUT2D eigenvalue weighted by molar-refractivity contribution is 6.33. The SMILES string of the molecule is O=C(NC1C2C3CCC(C3)C12)c1cccc(Cl)c1[N+](=O)[O-]. The molecule has 1 amide bonds. The van der Waals surface area contributed by atoms with Crippen LogP contribution in [0.3, 0.4) is 0 Å². The molecule has 1 aromatic rings. The van der Waals surface area contributed by atoms with E-state index in [1.165, 1.54) is 31.4 Å². The van der Waals surface area contributed by atoms with Gasteiger partial charge in [-0.3, -0.25) is 14.9 Å². The minimum atomic E-state index is -0.589. The zero-order valence-electron chi connectivity index (χ0n) is 11.3. The second-order valence-electron chi connectivity index (χ2n) is 6.38. The molecule has 21 heavy (non-hydrogen) atoms. The molecule has 0 radical (unpaired) electrons. The molecule has 4 rings (SSSR count). The summed E-state index contributed by atoms with van der Waals surface area (Å²) in [5, 5.41) is 14.1. The van der Waals surface area contributed by atoms with E-state index in [-0.39, 0.29) is 28.2 Å². The first-order valence-electron chi connectivity index (χ1n) is 7.31. The van der Waals surface area contributed by atoms with Gasteiger partial charge in [0.15, 0.2) is 0 Å². The van der Waals surface area contributed by atoms with Crippen LogP contribution in [0.1, 0.15) is 29.6 Å². The largest absolute Gasteiger partial charge is 0.348 e. The Kier molecular flexibility index (Phi) is 2.76. The van der Waals surface area contributed by atoms with Gasteiger partial charge in [-0.1, -0.05) is 17.7 Å². The van der Waals surface area contributed by atoms with Crippen molar-refractivity contribution in [1.29, 1.82) is 0 Å². The summed E-state index contributed by atoms with van der Waals surface area (Å²) in [6.07, 6.45) is 3.85.